The highest BCUT2D eigenvalue weighted by molar-refractivity contribution is 5.97. The second kappa shape index (κ2) is 8.66. The average molecular weight is 389 g/mol. The van der Waals surface area contributed by atoms with Gasteiger partial charge in [0.2, 0.25) is 0 Å². The summed E-state index contributed by atoms with van der Waals surface area (Å²) in [6.07, 6.45) is 1.44. The molecule has 28 heavy (non-hydrogen) atoms. The maximum Gasteiger partial charge on any atom is 0.274 e. The van der Waals surface area contributed by atoms with Crippen LogP contribution in [0.4, 0.5) is 10.1 Å². The van der Waals surface area contributed by atoms with E-state index in [4.69, 9.17) is 9.47 Å². The van der Waals surface area contributed by atoms with Crippen molar-refractivity contribution < 1.29 is 23.5 Å². The van der Waals surface area contributed by atoms with Gasteiger partial charge >= 0.3 is 0 Å². The molecule has 2 aromatic rings. The Hall–Kier alpha value is -3.20. The van der Waals surface area contributed by atoms with Gasteiger partial charge in [-0.05, 0) is 30.3 Å². The summed E-state index contributed by atoms with van der Waals surface area (Å²) in [6, 6.07) is 6.57. The number of anilines is 1. The van der Waals surface area contributed by atoms with Crippen molar-refractivity contribution in [3.8, 4) is 5.75 Å². The van der Waals surface area contributed by atoms with Crippen molar-refractivity contribution in [2.75, 3.05) is 38.2 Å². The molecule has 0 bridgehead atoms. The van der Waals surface area contributed by atoms with Crippen LogP contribution >= 0.6 is 0 Å². The lowest BCUT2D eigenvalue weighted by molar-refractivity contribution is -0.118. The quantitative estimate of drug-likeness (QED) is 0.825. The summed E-state index contributed by atoms with van der Waals surface area (Å²) in [5.41, 5.74) is -0.179. The van der Waals surface area contributed by atoms with Crippen molar-refractivity contribution in [3.05, 3.63) is 58.3 Å². The van der Waals surface area contributed by atoms with Gasteiger partial charge in [-0.2, -0.15) is 0 Å². The molecule has 0 spiro atoms. The van der Waals surface area contributed by atoms with Crippen LogP contribution in [-0.4, -0.2) is 54.2 Å². The first kappa shape index (κ1) is 19.6. The molecule has 0 aliphatic carbocycles. The Kier molecular flexibility index (Phi) is 6.05. The summed E-state index contributed by atoms with van der Waals surface area (Å²) >= 11 is 0. The number of ether oxygens (including phenoxy) is 2. The molecule has 1 aromatic heterocycles. The number of carbonyl (C=O) groups is 2. The molecule has 1 aromatic carbocycles. The zero-order chi connectivity index (χ0) is 20.1. The zero-order valence-electron chi connectivity index (χ0n) is 15.3. The van der Waals surface area contributed by atoms with Crippen LogP contribution in [0.2, 0.25) is 0 Å². The summed E-state index contributed by atoms with van der Waals surface area (Å²) in [4.78, 5) is 38.7. The van der Waals surface area contributed by atoms with Gasteiger partial charge in [0.15, 0.2) is 6.61 Å². The van der Waals surface area contributed by atoms with E-state index in [1.165, 1.54) is 48.1 Å². The number of hydrogen-bond acceptors (Lipinski definition) is 5. The molecular weight excluding hydrogens is 369 g/mol. The number of nitrogens with zero attached hydrogens (tertiary/aromatic N) is 2. The minimum Gasteiger partial charge on any atom is -0.484 e. The minimum absolute atomic E-state index is 0.0192. The lowest BCUT2D eigenvalue weighted by atomic mass is 10.2. The standard InChI is InChI=1S/C19H20FN3O5/c1-22-11-13(18(25)23-6-8-27-9-7-23)10-16(19(22)26)21-17(24)12-28-15-4-2-14(20)3-5-15/h2-5,10-11H,6-9,12H2,1H3,(H,21,24). The van der Waals surface area contributed by atoms with Gasteiger partial charge in [-0.3, -0.25) is 14.4 Å². The van der Waals surface area contributed by atoms with E-state index in [-0.39, 0.29) is 18.2 Å². The van der Waals surface area contributed by atoms with Crippen LogP contribution in [-0.2, 0) is 16.6 Å². The van der Waals surface area contributed by atoms with E-state index in [0.29, 0.717) is 37.6 Å². The van der Waals surface area contributed by atoms with Crippen molar-refractivity contribution in [2.24, 2.45) is 7.05 Å². The summed E-state index contributed by atoms with van der Waals surface area (Å²) in [5.74, 6) is -0.905. The number of aryl methyl sites for hydroxylation is 1. The Morgan fingerprint density at radius 1 is 1.21 bits per heavy atom. The number of halogens is 1. The fraction of sp³-hybridized carbons (Fsp3) is 0.316. The van der Waals surface area contributed by atoms with Gasteiger partial charge < -0.3 is 24.3 Å². The SMILES string of the molecule is Cn1cc(C(=O)N2CCOCC2)cc(NC(=O)COc2ccc(F)cc2)c1=O. The van der Waals surface area contributed by atoms with Crippen LogP contribution in [0.1, 0.15) is 10.4 Å². The number of pyridine rings is 1. The van der Waals surface area contributed by atoms with Gasteiger partial charge in [0, 0.05) is 26.3 Å². The Bertz CT molecular complexity index is 920. The van der Waals surface area contributed by atoms with E-state index in [2.05, 4.69) is 5.32 Å². The second-order valence-corrected chi connectivity index (χ2v) is 6.25. The minimum atomic E-state index is -0.572. The molecule has 0 saturated carbocycles. The van der Waals surface area contributed by atoms with Gasteiger partial charge in [0.25, 0.3) is 17.4 Å². The molecule has 0 unspecified atom stereocenters. The van der Waals surface area contributed by atoms with Gasteiger partial charge in [0.1, 0.15) is 17.3 Å². The highest BCUT2D eigenvalue weighted by Gasteiger charge is 2.20. The maximum absolute atomic E-state index is 12.9. The van der Waals surface area contributed by atoms with E-state index < -0.39 is 17.3 Å². The summed E-state index contributed by atoms with van der Waals surface area (Å²) in [7, 11) is 1.50. The predicted molar refractivity (Wildman–Crippen MR) is 98.9 cm³/mol. The third-order valence-electron chi connectivity index (χ3n) is 4.19. The number of hydrogen-bond donors (Lipinski definition) is 1. The van der Waals surface area contributed by atoms with Gasteiger partial charge in [-0.25, -0.2) is 4.39 Å². The number of benzene rings is 1. The monoisotopic (exact) mass is 389 g/mol. The van der Waals surface area contributed by atoms with Crippen LogP contribution in [0.3, 0.4) is 0 Å². The Balaban J connectivity index is 1.69. The molecule has 2 amide bonds. The van der Waals surface area contributed by atoms with Crippen LogP contribution < -0.4 is 15.6 Å². The summed E-state index contributed by atoms with van der Waals surface area (Å²) < 4.78 is 24.6. The molecule has 0 radical (unpaired) electrons. The molecule has 148 valence electrons. The van der Waals surface area contributed by atoms with Crippen molar-refractivity contribution in [3.63, 3.8) is 0 Å². The van der Waals surface area contributed by atoms with Gasteiger partial charge in [-0.15, -0.1) is 0 Å². The van der Waals surface area contributed by atoms with E-state index in [1.807, 2.05) is 0 Å². The molecule has 2 heterocycles. The molecule has 8 nitrogen and oxygen atoms in total. The van der Waals surface area contributed by atoms with Crippen LogP contribution in [0.15, 0.2) is 41.3 Å². The Labute approximate surface area is 160 Å². The normalized spacial score (nSPS) is 13.9. The predicted octanol–water partition coefficient (Wildman–Crippen LogP) is 1.01. The van der Waals surface area contributed by atoms with Crippen molar-refractivity contribution in [1.29, 1.82) is 0 Å². The highest BCUT2D eigenvalue weighted by Crippen LogP contribution is 2.12. The van der Waals surface area contributed by atoms with Crippen molar-refractivity contribution in [1.82, 2.24) is 9.47 Å². The van der Waals surface area contributed by atoms with E-state index >= 15 is 0 Å². The summed E-state index contributed by atoms with van der Waals surface area (Å²) in [6.45, 7) is 1.49. The number of amides is 2. The average Bonchev–Trinajstić information content (AvgIpc) is 2.71. The second-order valence-electron chi connectivity index (χ2n) is 6.25. The molecule has 1 aliphatic heterocycles. The Morgan fingerprint density at radius 2 is 1.89 bits per heavy atom. The topological polar surface area (TPSA) is 89.9 Å². The number of morpholine rings is 1. The van der Waals surface area contributed by atoms with E-state index in [9.17, 15) is 18.8 Å². The van der Waals surface area contributed by atoms with Crippen molar-refractivity contribution >= 4 is 17.5 Å². The van der Waals surface area contributed by atoms with E-state index in [1.54, 1.807) is 4.90 Å². The van der Waals surface area contributed by atoms with Gasteiger partial charge in [-0.1, -0.05) is 0 Å². The highest BCUT2D eigenvalue weighted by atomic mass is 19.1. The van der Waals surface area contributed by atoms with Crippen LogP contribution in [0.5, 0.6) is 5.75 Å². The molecule has 3 rings (SSSR count). The van der Waals surface area contributed by atoms with Crippen LogP contribution in [0, 0.1) is 5.82 Å². The molecular formula is C19H20FN3O5. The molecule has 1 fully saturated rings. The Morgan fingerprint density at radius 3 is 2.57 bits per heavy atom. The smallest absolute Gasteiger partial charge is 0.274 e. The van der Waals surface area contributed by atoms with Crippen LogP contribution in [0.25, 0.3) is 0 Å². The lowest BCUT2D eigenvalue weighted by Gasteiger charge is -2.27. The first-order valence-corrected chi connectivity index (χ1v) is 8.70. The van der Waals surface area contributed by atoms with E-state index in [0.717, 1.165) is 0 Å². The third kappa shape index (κ3) is 4.74. The fourth-order valence-corrected chi connectivity index (χ4v) is 2.73. The third-order valence-corrected chi connectivity index (χ3v) is 4.19. The number of nitrogens with one attached hydrogen (secondary N) is 1. The first-order chi connectivity index (χ1) is 13.4. The molecule has 0 atom stereocenters. The zero-order valence-corrected chi connectivity index (χ0v) is 15.3. The first-order valence-electron chi connectivity index (χ1n) is 8.70. The van der Waals surface area contributed by atoms with Crippen molar-refractivity contribution in [2.45, 2.75) is 0 Å². The maximum atomic E-state index is 12.9. The fourth-order valence-electron chi connectivity index (χ4n) is 2.73. The molecule has 1 saturated heterocycles. The lowest BCUT2D eigenvalue weighted by Crippen LogP contribution is -2.41. The molecule has 1 aliphatic rings. The van der Waals surface area contributed by atoms with Gasteiger partial charge in [0.05, 0.1) is 18.8 Å². The molecule has 9 heteroatoms. The number of rotatable bonds is 5. The summed E-state index contributed by atoms with van der Waals surface area (Å²) in [5, 5.41) is 2.46. The molecule has 1 N–H and O–H groups in total. The number of aromatic nitrogens is 1. The number of carbonyl (C=O) groups excluding carboxylic acids is 2. The largest absolute Gasteiger partial charge is 0.484 e.